The van der Waals surface area contributed by atoms with Crippen molar-refractivity contribution in [2.24, 2.45) is 5.92 Å². The molecule has 2 atom stereocenters. The minimum absolute atomic E-state index is 0.216. The predicted molar refractivity (Wildman–Crippen MR) is 132 cm³/mol. The molecule has 37 heavy (non-hydrogen) atoms. The molecule has 1 aliphatic carbocycles. The van der Waals surface area contributed by atoms with Gasteiger partial charge in [0.05, 0.1) is 30.6 Å². The number of nitrogens with one attached hydrogen (secondary N) is 1. The summed E-state index contributed by atoms with van der Waals surface area (Å²) < 4.78 is 48.0. The standard InChI is InChI=1S/C27H28F3N3O4/c1-26(2)17-12-15(37-4)10-11-18(17)32(3)19(26)13-16-22(34)20(23(16)35)21-24(27(28,29)30)31-33(25(21)36)14-8-6-5-7-9-14/h5-13,16,20,22-23,31,34-35H,1-4H3. The van der Waals surface area contributed by atoms with Gasteiger partial charge in [0.2, 0.25) is 0 Å². The first kappa shape index (κ1) is 25.2. The van der Waals surface area contributed by atoms with Gasteiger partial charge in [0.25, 0.3) is 5.56 Å². The van der Waals surface area contributed by atoms with E-state index in [0.717, 1.165) is 21.6 Å². The van der Waals surface area contributed by atoms with Crippen molar-refractivity contribution in [1.82, 2.24) is 9.78 Å². The minimum atomic E-state index is -4.88. The molecule has 7 nitrogen and oxygen atoms in total. The molecular weight excluding hydrogens is 487 g/mol. The van der Waals surface area contributed by atoms with Crippen molar-refractivity contribution < 1.29 is 28.1 Å². The molecule has 1 saturated carbocycles. The Morgan fingerprint density at radius 3 is 2.32 bits per heavy atom. The highest BCUT2D eigenvalue weighted by molar-refractivity contribution is 5.71. The van der Waals surface area contributed by atoms with Crippen molar-refractivity contribution >= 4 is 5.69 Å². The van der Waals surface area contributed by atoms with E-state index in [4.69, 9.17) is 4.74 Å². The highest BCUT2D eigenvalue weighted by Gasteiger charge is 2.55. The minimum Gasteiger partial charge on any atom is -0.497 e. The van der Waals surface area contributed by atoms with Gasteiger partial charge in [0.1, 0.15) is 11.4 Å². The van der Waals surface area contributed by atoms with Crippen molar-refractivity contribution in [2.75, 3.05) is 19.1 Å². The number of aliphatic hydroxyl groups excluding tert-OH is 2. The monoisotopic (exact) mass is 515 g/mol. The largest absolute Gasteiger partial charge is 0.497 e. The van der Waals surface area contributed by atoms with E-state index in [-0.39, 0.29) is 5.69 Å². The first-order valence-corrected chi connectivity index (χ1v) is 11.9. The number of ether oxygens (including phenoxy) is 1. The van der Waals surface area contributed by atoms with E-state index in [1.807, 2.05) is 44.0 Å². The van der Waals surface area contributed by atoms with E-state index < -0.39 is 52.5 Å². The summed E-state index contributed by atoms with van der Waals surface area (Å²) in [6.07, 6.45) is -5.96. The lowest BCUT2D eigenvalue weighted by Crippen LogP contribution is -2.54. The SMILES string of the molecule is COc1ccc2c(c1)C(C)(C)C(=CC1C(O)C(c3c(C(F)(F)F)[nH]n(-c4ccccc4)c3=O)C1O)N2C. The van der Waals surface area contributed by atoms with E-state index in [0.29, 0.717) is 5.75 Å². The second-order valence-corrected chi connectivity index (χ2v) is 10.1. The van der Waals surface area contributed by atoms with Crippen LogP contribution in [0.2, 0.25) is 0 Å². The highest BCUT2D eigenvalue weighted by Crippen LogP contribution is 2.51. The van der Waals surface area contributed by atoms with Gasteiger partial charge in [-0.25, -0.2) is 4.68 Å². The van der Waals surface area contributed by atoms with Gasteiger partial charge in [0.15, 0.2) is 0 Å². The Balaban J connectivity index is 1.52. The van der Waals surface area contributed by atoms with Crippen LogP contribution in [0.15, 0.2) is 65.1 Å². The maximum atomic E-state index is 13.9. The van der Waals surface area contributed by atoms with Crippen LogP contribution in [0.1, 0.15) is 36.6 Å². The number of likely N-dealkylation sites (N-methyl/N-ethyl adjacent to an activating group) is 1. The molecule has 2 unspecified atom stereocenters. The number of benzene rings is 2. The van der Waals surface area contributed by atoms with Crippen LogP contribution in [0.3, 0.4) is 0 Å². The summed E-state index contributed by atoms with van der Waals surface area (Å²) in [4.78, 5) is 15.1. The first-order chi connectivity index (χ1) is 17.4. The van der Waals surface area contributed by atoms with Gasteiger partial charge in [-0.15, -0.1) is 0 Å². The van der Waals surface area contributed by atoms with E-state index in [9.17, 15) is 28.2 Å². The van der Waals surface area contributed by atoms with Crippen LogP contribution in [0, 0.1) is 5.92 Å². The number of aromatic amines is 1. The van der Waals surface area contributed by atoms with Crippen LogP contribution in [0.25, 0.3) is 5.69 Å². The molecule has 0 saturated heterocycles. The molecule has 1 aliphatic heterocycles. The van der Waals surface area contributed by atoms with Crippen LogP contribution in [-0.2, 0) is 11.6 Å². The topological polar surface area (TPSA) is 90.7 Å². The number of nitrogens with zero attached hydrogens (tertiary/aromatic N) is 2. The van der Waals surface area contributed by atoms with Gasteiger partial charge in [-0.2, -0.15) is 13.2 Å². The summed E-state index contributed by atoms with van der Waals surface area (Å²) in [6, 6.07) is 13.5. The number of fused-ring (bicyclic) bond motifs is 1. The number of H-pyrrole nitrogens is 1. The number of rotatable bonds is 4. The van der Waals surface area contributed by atoms with Crippen molar-refractivity contribution in [2.45, 2.75) is 43.6 Å². The molecule has 10 heteroatoms. The molecule has 0 bridgehead atoms. The van der Waals surface area contributed by atoms with E-state index >= 15 is 0 Å². The Bertz CT molecular complexity index is 1410. The molecule has 1 fully saturated rings. The lowest BCUT2D eigenvalue weighted by molar-refractivity contribution is -0.145. The molecule has 0 amide bonds. The molecule has 2 heterocycles. The zero-order valence-corrected chi connectivity index (χ0v) is 20.7. The Morgan fingerprint density at radius 2 is 1.73 bits per heavy atom. The van der Waals surface area contributed by atoms with E-state index in [1.54, 1.807) is 31.4 Å². The zero-order valence-electron chi connectivity index (χ0n) is 20.7. The second kappa shape index (κ2) is 8.53. The Morgan fingerprint density at radius 1 is 1.08 bits per heavy atom. The Labute approximate surface area is 211 Å². The third-order valence-electron chi connectivity index (χ3n) is 7.67. The molecule has 2 aliphatic rings. The summed E-state index contributed by atoms with van der Waals surface area (Å²) in [5, 5.41) is 24.2. The lowest BCUT2D eigenvalue weighted by Gasteiger charge is -2.45. The van der Waals surface area contributed by atoms with Crippen LogP contribution in [0.4, 0.5) is 18.9 Å². The summed E-state index contributed by atoms with van der Waals surface area (Å²) >= 11 is 0. The van der Waals surface area contributed by atoms with Gasteiger partial charge in [-0.1, -0.05) is 38.1 Å². The number of hydrogen-bond acceptors (Lipinski definition) is 5. The average Bonchev–Trinajstić information content (AvgIpc) is 3.29. The van der Waals surface area contributed by atoms with Crippen molar-refractivity contribution in [3.8, 4) is 11.4 Å². The Kier molecular flexibility index (Phi) is 5.80. The fourth-order valence-electron chi connectivity index (χ4n) is 5.64. The third-order valence-corrected chi connectivity index (χ3v) is 7.67. The molecule has 1 aromatic heterocycles. The van der Waals surface area contributed by atoms with Crippen LogP contribution < -0.4 is 15.2 Å². The maximum absolute atomic E-state index is 13.9. The normalized spacial score (nSPS) is 25.8. The predicted octanol–water partition coefficient (Wildman–Crippen LogP) is 3.94. The number of methoxy groups -OCH3 is 1. The quantitative estimate of drug-likeness (QED) is 0.490. The van der Waals surface area contributed by atoms with E-state index in [2.05, 4.69) is 5.10 Å². The molecule has 196 valence electrons. The highest BCUT2D eigenvalue weighted by atomic mass is 19.4. The summed E-state index contributed by atoms with van der Waals surface area (Å²) in [5.74, 6) is -1.57. The molecular formula is C27H28F3N3O4. The number of anilines is 1. The first-order valence-electron chi connectivity index (χ1n) is 11.9. The molecule has 5 rings (SSSR count). The van der Waals surface area contributed by atoms with E-state index in [1.165, 1.54) is 12.1 Å². The number of hydrogen-bond donors (Lipinski definition) is 3. The summed E-state index contributed by atoms with van der Waals surface area (Å²) in [5.41, 5.74) is -0.507. The number of allylic oxidation sites excluding steroid dienone is 1. The van der Waals surface area contributed by atoms with Gasteiger partial charge >= 0.3 is 6.18 Å². The fourth-order valence-corrected chi connectivity index (χ4v) is 5.64. The van der Waals surface area contributed by atoms with Crippen molar-refractivity contribution in [1.29, 1.82) is 0 Å². The van der Waals surface area contributed by atoms with Gasteiger partial charge in [0, 0.05) is 35.7 Å². The smallest absolute Gasteiger partial charge is 0.433 e. The molecule has 0 spiro atoms. The van der Waals surface area contributed by atoms with Crippen molar-refractivity contribution in [3.63, 3.8) is 0 Å². The van der Waals surface area contributed by atoms with Crippen LogP contribution in [-0.4, -0.2) is 46.4 Å². The van der Waals surface area contributed by atoms with Crippen LogP contribution >= 0.6 is 0 Å². The molecule has 3 aromatic rings. The fraction of sp³-hybridized carbons (Fsp3) is 0.370. The zero-order chi connectivity index (χ0) is 26.9. The lowest BCUT2D eigenvalue weighted by atomic mass is 9.64. The number of halogens is 3. The number of aromatic nitrogens is 2. The number of para-hydroxylation sites is 1. The summed E-state index contributed by atoms with van der Waals surface area (Å²) in [6.45, 7) is 3.98. The maximum Gasteiger partial charge on any atom is 0.433 e. The molecule has 2 aromatic carbocycles. The van der Waals surface area contributed by atoms with Gasteiger partial charge in [-0.3, -0.25) is 9.89 Å². The average molecular weight is 516 g/mol. The number of aliphatic hydroxyl groups is 2. The number of alkyl halides is 3. The van der Waals surface area contributed by atoms with Crippen molar-refractivity contribution in [3.05, 3.63) is 87.5 Å². The summed E-state index contributed by atoms with van der Waals surface area (Å²) in [7, 11) is 3.43. The Hall–Kier alpha value is -3.50. The van der Waals surface area contributed by atoms with Gasteiger partial charge < -0.3 is 19.8 Å². The van der Waals surface area contributed by atoms with Gasteiger partial charge in [-0.05, 0) is 35.9 Å². The second-order valence-electron chi connectivity index (χ2n) is 10.1. The molecule has 0 radical (unpaired) electrons. The molecule has 3 N–H and O–H groups in total. The van der Waals surface area contributed by atoms with Crippen LogP contribution in [0.5, 0.6) is 5.75 Å². The third kappa shape index (κ3) is 3.77.